The number of pyridine rings is 1. The van der Waals surface area contributed by atoms with Gasteiger partial charge in [0, 0.05) is 24.6 Å². The minimum absolute atomic E-state index is 0.246. The molecule has 6 heteroatoms. The molecule has 0 saturated heterocycles. The van der Waals surface area contributed by atoms with Crippen molar-refractivity contribution in [2.45, 2.75) is 12.8 Å². The van der Waals surface area contributed by atoms with Gasteiger partial charge in [-0.1, -0.05) is 30.3 Å². The monoisotopic (exact) mass is 389 g/mol. The molecule has 3 rings (SSSR count). The van der Waals surface area contributed by atoms with E-state index in [1.165, 1.54) is 18.0 Å². The Morgan fingerprint density at radius 3 is 2.31 bits per heavy atom. The molecule has 3 aromatic rings. The lowest BCUT2D eigenvalue weighted by Gasteiger charge is -2.08. The highest BCUT2D eigenvalue weighted by molar-refractivity contribution is 6.05. The van der Waals surface area contributed by atoms with Gasteiger partial charge in [-0.15, -0.1) is 0 Å². The molecule has 0 radical (unpaired) electrons. The van der Waals surface area contributed by atoms with E-state index in [-0.39, 0.29) is 11.8 Å². The highest BCUT2D eigenvalue weighted by Crippen LogP contribution is 2.16. The predicted octanol–water partition coefficient (Wildman–Crippen LogP) is 3.71. The van der Waals surface area contributed by atoms with Crippen molar-refractivity contribution in [1.29, 1.82) is 0 Å². The van der Waals surface area contributed by atoms with Crippen molar-refractivity contribution in [3.8, 4) is 5.75 Å². The summed E-state index contributed by atoms with van der Waals surface area (Å²) in [6.07, 6.45) is 4.62. The molecule has 0 spiro atoms. The van der Waals surface area contributed by atoms with Gasteiger partial charge in [0.05, 0.1) is 18.2 Å². The molecule has 2 amide bonds. The van der Waals surface area contributed by atoms with Gasteiger partial charge in [-0.2, -0.15) is 0 Å². The molecule has 0 aliphatic carbocycles. The zero-order chi connectivity index (χ0) is 20.5. The summed E-state index contributed by atoms with van der Waals surface area (Å²) < 4.78 is 5.10. The minimum atomic E-state index is -0.332. The van der Waals surface area contributed by atoms with Gasteiger partial charge in [0.25, 0.3) is 11.8 Å². The number of benzene rings is 2. The van der Waals surface area contributed by atoms with Gasteiger partial charge in [-0.25, -0.2) is 0 Å². The average molecular weight is 389 g/mol. The standard InChI is InChI=1S/C23H23N3O3/c1-29-21-11-9-20(10-12-21)26-23(28)19-14-18(15-24-16-19)22(27)25-13-5-8-17-6-3-2-4-7-17/h2-4,6-7,9-12,14-16H,5,8,13H2,1H3,(H,25,27)(H,26,28). The third-order valence-corrected chi connectivity index (χ3v) is 4.38. The number of hydrogen-bond donors (Lipinski definition) is 2. The van der Waals surface area contributed by atoms with Crippen LogP contribution in [0.25, 0.3) is 0 Å². The first kappa shape index (κ1) is 20.1. The Balaban J connectivity index is 1.53. The zero-order valence-corrected chi connectivity index (χ0v) is 16.2. The first-order valence-electron chi connectivity index (χ1n) is 9.38. The van der Waals surface area contributed by atoms with Crippen LogP contribution in [-0.2, 0) is 6.42 Å². The van der Waals surface area contributed by atoms with Gasteiger partial charge in [-0.3, -0.25) is 14.6 Å². The van der Waals surface area contributed by atoms with Gasteiger partial charge in [0.1, 0.15) is 5.75 Å². The number of carbonyl (C=O) groups is 2. The number of ether oxygens (including phenoxy) is 1. The molecule has 2 N–H and O–H groups in total. The second kappa shape index (κ2) is 10.0. The summed E-state index contributed by atoms with van der Waals surface area (Å²) in [4.78, 5) is 28.8. The van der Waals surface area contributed by atoms with Crippen molar-refractivity contribution >= 4 is 17.5 Å². The maximum Gasteiger partial charge on any atom is 0.257 e. The molecule has 148 valence electrons. The molecule has 0 saturated carbocycles. The molecule has 0 aliphatic heterocycles. The van der Waals surface area contributed by atoms with Crippen LogP contribution in [-0.4, -0.2) is 30.5 Å². The summed E-state index contributed by atoms with van der Waals surface area (Å²) in [6, 6.07) is 18.7. The van der Waals surface area contributed by atoms with Gasteiger partial charge in [0.2, 0.25) is 0 Å². The molecule has 1 aromatic heterocycles. The lowest BCUT2D eigenvalue weighted by molar-refractivity contribution is 0.0953. The molecule has 0 unspecified atom stereocenters. The van der Waals surface area contributed by atoms with Crippen molar-refractivity contribution in [2.75, 3.05) is 19.0 Å². The van der Waals surface area contributed by atoms with E-state index < -0.39 is 0 Å². The van der Waals surface area contributed by atoms with Crippen LogP contribution in [0.1, 0.15) is 32.7 Å². The van der Waals surface area contributed by atoms with Gasteiger partial charge in [-0.05, 0) is 48.7 Å². The molecule has 2 aromatic carbocycles. The van der Waals surface area contributed by atoms with Gasteiger partial charge in [0.15, 0.2) is 0 Å². The molecular weight excluding hydrogens is 366 g/mol. The van der Waals surface area contributed by atoms with E-state index in [1.54, 1.807) is 37.4 Å². The van der Waals surface area contributed by atoms with Crippen molar-refractivity contribution in [3.63, 3.8) is 0 Å². The second-order valence-corrected chi connectivity index (χ2v) is 6.49. The van der Waals surface area contributed by atoms with Crippen LogP contribution in [0, 0.1) is 0 Å². The van der Waals surface area contributed by atoms with Gasteiger partial charge >= 0.3 is 0 Å². The van der Waals surface area contributed by atoms with Crippen molar-refractivity contribution in [1.82, 2.24) is 10.3 Å². The van der Waals surface area contributed by atoms with E-state index in [0.29, 0.717) is 29.1 Å². The number of hydrogen-bond acceptors (Lipinski definition) is 4. The largest absolute Gasteiger partial charge is 0.497 e. The summed E-state index contributed by atoms with van der Waals surface area (Å²) in [5.74, 6) is 0.127. The second-order valence-electron chi connectivity index (χ2n) is 6.49. The quantitative estimate of drug-likeness (QED) is 0.576. The third-order valence-electron chi connectivity index (χ3n) is 4.38. The number of rotatable bonds is 8. The maximum absolute atomic E-state index is 12.4. The molecule has 29 heavy (non-hydrogen) atoms. The van der Waals surface area contributed by atoms with Crippen LogP contribution < -0.4 is 15.4 Å². The predicted molar refractivity (Wildman–Crippen MR) is 112 cm³/mol. The molecule has 0 bridgehead atoms. The number of amides is 2. The molecular formula is C23H23N3O3. The summed E-state index contributed by atoms with van der Waals surface area (Å²) >= 11 is 0. The SMILES string of the molecule is COc1ccc(NC(=O)c2cncc(C(=O)NCCCc3ccccc3)c2)cc1. The van der Waals surface area contributed by atoms with Crippen LogP contribution in [0.4, 0.5) is 5.69 Å². The number of nitrogens with zero attached hydrogens (tertiary/aromatic N) is 1. The molecule has 0 aliphatic rings. The number of carbonyl (C=O) groups excluding carboxylic acids is 2. The lowest BCUT2D eigenvalue weighted by atomic mass is 10.1. The van der Waals surface area contributed by atoms with Crippen LogP contribution >= 0.6 is 0 Å². The van der Waals surface area contributed by atoms with Crippen LogP contribution in [0.2, 0.25) is 0 Å². The highest BCUT2D eigenvalue weighted by Gasteiger charge is 2.11. The molecule has 0 fully saturated rings. The highest BCUT2D eigenvalue weighted by atomic mass is 16.5. The van der Waals surface area contributed by atoms with E-state index in [4.69, 9.17) is 4.74 Å². The van der Waals surface area contributed by atoms with Crippen molar-refractivity contribution in [2.24, 2.45) is 0 Å². The maximum atomic E-state index is 12.4. The summed E-state index contributed by atoms with van der Waals surface area (Å²) in [5.41, 5.74) is 2.54. The van der Waals surface area contributed by atoms with E-state index in [0.717, 1.165) is 12.8 Å². The Morgan fingerprint density at radius 2 is 1.62 bits per heavy atom. The Kier molecular flexibility index (Phi) is 6.95. The first-order chi connectivity index (χ1) is 14.2. The van der Waals surface area contributed by atoms with E-state index in [9.17, 15) is 9.59 Å². The fourth-order valence-electron chi connectivity index (χ4n) is 2.81. The lowest BCUT2D eigenvalue weighted by Crippen LogP contribution is -2.25. The van der Waals surface area contributed by atoms with Crippen LogP contribution in [0.5, 0.6) is 5.75 Å². The molecule has 1 heterocycles. The topological polar surface area (TPSA) is 80.3 Å². The minimum Gasteiger partial charge on any atom is -0.497 e. The summed E-state index contributed by atoms with van der Waals surface area (Å²) in [5, 5.41) is 5.65. The fraction of sp³-hybridized carbons (Fsp3) is 0.174. The fourth-order valence-corrected chi connectivity index (χ4v) is 2.81. The number of aromatic nitrogens is 1. The van der Waals surface area contributed by atoms with Crippen LogP contribution in [0.15, 0.2) is 73.1 Å². The molecule has 6 nitrogen and oxygen atoms in total. The zero-order valence-electron chi connectivity index (χ0n) is 16.2. The number of aryl methyl sites for hydroxylation is 1. The smallest absolute Gasteiger partial charge is 0.257 e. The number of nitrogens with one attached hydrogen (secondary N) is 2. The molecule has 0 atom stereocenters. The van der Waals surface area contributed by atoms with E-state index in [2.05, 4.69) is 27.8 Å². The Bertz CT molecular complexity index is 957. The van der Waals surface area contributed by atoms with E-state index in [1.807, 2.05) is 18.2 Å². The Morgan fingerprint density at radius 1 is 0.931 bits per heavy atom. The van der Waals surface area contributed by atoms with Crippen molar-refractivity contribution in [3.05, 3.63) is 89.7 Å². The Hall–Kier alpha value is -3.67. The summed E-state index contributed by atoms with van der Waals surface area (Å²) in [7, 11) is 1.58. The number of methoxy groups -OCH3 is 1. The van der Waals surface area contributed by atoms with Crippen LogP contribution in [0.3, 0.4) is 0 Å². The van der Waals surface area contributed by atoms with Gasteiger partial charge < -0.3 is 15.4 Å². The number of anilines is 1. The third kappa shape index (κ3) is 5.90. The average Bonchev–Trinajstić information content (AvgIpc) is 2.78. The Labute approximate surface area is 169 Å². The summed E-state index contributed by atoms with van der Waals surface area (Å²) in [6.45, 7) is 0.552. The normalized spacial score (nSPS) is 10.2. The first-order valence-corrected chi connectivity index (χ1v) is 9.38. The van der Waals surface area contributed by atoms with Crippen molar-refractivity contribution < 1.29 is 14.3 Å². The van der Waals surface area contributed by atoms with E-state index >= 15 is 0 Å².